The van der Waals surface area contributed by atoms with E-state index in [1.807, 2.05) is 30.5 Å². The van der Waals surface area contributed by atoms with Gasteiger partial charge in [0.25, 0.3) is 0 Å². The molecular formula is C14H17ClN2O2. The predicted octanol–water partition coefficient (Wildman–Crippen LogP) is 3.21. The number of ether oxygens (including phenoxy) is 1. The van der Waals surface area contributed by atoms with E-state index in [0.29, 0.717) is 13.0 Å². The van der Waals surface area contributed by atoms with Crippen LogP contribution in [0.25, 0.3) is 11.0 Å². The molecule has 5 heteroatoms. The zero-order valence-corrected chi connectivity index (χ0v) is 12.1. The Balaban J connectivity index is 2.45. The number of benzene rings is 1. The van der Waals surface area contributed by atoms with Crippen molar-refractivity contribution in [2.24, 2.45) is 0 Å². The molecule has 102 valence electrons. The van der Waals surface area contributed by atoms with Crippen LogP contribution in [0, 0.1) is 6.92 Å². The van der Waals surface area contributed by atoms with E-state index < -0.39 is 0 Å². The van der Waals surface area contributed by atoms with Gasteiger partial charge in [-0.1, -0.05) is 6.07 Å². The summed E-state index contributed by atoms with van der Waals surface area (Å²) < 4.78 is 6.68. The van der Waals surface area contributed by atoms with Crippen LogP contribution in [0.3, 0.4) is 0 Å². The van der Waals surface area contributed by atoms with E-state index in [2.05, 4.69) is 15.8 Å². The van der Waals surface area contributed by atoms with E-state index in [1.165, 1.54) is 7.11 Å². The SMILES string of the molecule is COC(=O)CCn1c(C(C)Cl)nc2ccc(C)cc21. The number of carbonyl (C=O) groups excluding carboxylic acids is 1. The van der Waals surface area contributed by atoms with Crippen LogP contribution in [0.15, 0.2) is 18.2 Å². The van der Waals surface area contributed by atoms with Crippen molar-refractivity contribution in [1.82, 2.24) is 9.55 Å². The molecule has 19 heavy (non-hydrogen) atoms. The third-order valence-corrected chi connectivity index (χ3v) is 3.25. The molecule has 0 spiro atoms. The molecule has 0 saturated carbocycles. The number of halogens is 1. The number of fused-ring (bicyclic) bond motifs is 1. The molecule has 1 atom stereocenters. The fourth-order valence-corrected chi connectivity index (χ4v) is 2.26. The van der Waals surface area contributed by atoms with E-state index in [9.17, 15) is 4.79 Å². The molecule has 0 amide bonds. The number of nitrogens with zero attached hydrogens (tertiary/aromatic N) is 2. The first-order chi connectivity index (χ1) is 9.02. The summed E-state index contributed by atoms with van der Waals surface area (Å²) in [5.74, 6) is 0.550. The molecule has 1 aromatic heterocycles. The molecule has 1 unspecified atom stereocenters. The lowest BCUT2D eigenvalue weighted by atomic mass is 10.2. The number of aryl methyl sites for hydroxylation is 2. The normalized spacial score (nSPS) is 12.6. The van der Waals surface area contributed by atoms with Crippen molar-refractivity contribution in [3.63, 3.8) is 0 Å². The zero-order valence-electron chi connectivity index (χ0n) is 11.3. The van der Waals surface area contributed by atoms with Gasteiger partial charge in [0.2, 0.25) is 0 Å². The van der Waals surface area contributed by atoms with Gasteiger partial charge in [-0.15, -0.1) is 11.6 Å². The Morgan fingerprint density at radius 1 is 1.53 bits per heavy atom. The van der Waals surface area contributed by atoms with Gasteiger partial charge in [-0.05, 0) is 31.5 Å². The van der Waals surface area contributed by atoms with Gasteiger partial charge in [0, 0.05) is 6.54 Å². The number of hydrogen-bond donors (Lipinski definition) is 0. The summed E-state index contributed by atoms with van der Waals surface area (Å²) in [4.78, 5) is 15.8. The number of imidazole rings is 1. The average Bonchev–Trinajstić information content (AvgIpc) is 2.74. The lowest BCUT2D eigenvalue weighted by molar-refractivity contribution is -0.140. The van der Waals surface area contributed by atoms with Gasteiger partial charge in [-0.2, -0.15) is 0 Å². The molecule has 4 nitrogen and oxygen atoms in total. The minimum atomic E-state index is -0.234. The van der Waals surface area contributed by atoms with Crippen LogP contribution in [0.1, 0.15) is 30.1 Å². The van der Waals surface area contributed by atoms with Crippen molar-refractivity contribution in [3.05, 3.63) is 29.6 Å². The summed E-state index contributed by atoms with van der Waals surface area (Å²) in [5, 5.41) is -0.203. The molecule has 0 aliphatic carbocycles. The second kappa shape index (κ2) is 5.61. The van der Waals surface area contributed by atoms with Crippen LogP contribution in [0.4, 0.5) is 0 Å². The fraction of sp³-hybridized carbons (Fsp3) is 0.429. The molecule has 0 fully saturated rings. The number of rotatable bonds is 4. The maximum atomic E-state index is 11.3. The van der Waals surface area contributed by atoms with E-state index >= 15 is 0 Å². The van der Waals surface area contributed by atoms with Crippen LogP contribution < -0.4 is 0 Å². The highest BCUT2D eigenvalue weighted by atomic mass is 35.5. The summed E-state index contributed by atoms with van der Waals surface area (Å²) in [6.45, 7) is 4.43. The Bertz CT molecular complexity index is 605. The highest BCUT2D eigenvalue weighted by Gasteiger charge is 2.15. The Hall–Kier alpha value is -1.55. The monoisotopic (exact) mass is 280 g/mol. The molecule has 0 aliphatic heterocycles. The summed E-state index contributed by atoms with van der Waals surface area (Å²) in [6, 6.07) is 6.05. The summed E-state index contributed by atoms with van der Waals surface area (Å²) in [7, 11) is 1.39. The molecule has 2 aromatic rings. The second-order valence-electron chi connectivity index (χ2n) is 4.56. The maximum Gasteiger partial charge on any atom is 0.307 e. The third-order valence-electron chi connectivity index (χ3n) is 3.06. The minimum absolute atomic E-state index is 0.203. The van der Waals surface area contributed by atoms with Crippen LogP contribution in [-0.2, 0) is 16.1 Å². The van der Waals surface area contributed by atoms with Gasteiger partial charge < -0.3 is 9.30 Å². The maximum absolute atomic E-state index is 11.3. The van der Waals surface area contributed by atoms with Gasteiger partial charge in [0.15, 0.2) is 0 Å². The van der Waals surface area contributed by atoms with E-state index in [0.717, 1.165) is 22.4 Å². The number of methoxy groups -OCH3 is 1. The Morgan fingerprint density at radius 3 is 2.89 bits per heavy atom. The highest BCUT2D eigenvalue weighted by molar-refractivity contribution is 6.20. The molecule has 0 bridgehead atoms. The van der Waals surface area contributed by atoms with Crippen molar-refractivity contribution in [2.75, 3.05) is 7.11 Å². The van der Waals surface area contributed by atoms with Crippen molar-refractivity contribution >= 4 is 28.6 Å². The van der Waals surface area contributed by atoms with Gasteiger partial charge >= 0.3 is 5.97 Å². The van der Waals surface area contributed by atoms with Gasteiger partial charge in [0.1, 0.15) is 5.82 Å². The molecule has 2 rings (SSSR count). The van der Waals surface area contributed by atoms with Gasteiger partial charge in [0.05, 0.1) is 29.9 Å². The number of esters is 1. The predicted molar refractivity (Wildman–Crippen MR) is 75.4 cm³/mol. The fourth-order valence-electron chi connectivity index (χ4n) is 2.10. The van der Waals surface area contributed by atoms with Crippen molar-refractivity contribution in [2.45, 2.75) is 32.2 Å². The number of alkyl halides is 1. The van der Waals surface area contributed by atoms with E-state index in [4.69, 9.17) is 11.6 Å². The van der Waals surface area contributed by atoms with Crippen LogP contribution in [0.2, 0.25) is 0 Å². The Morgan fingerprint density at radius 2 is 2.26 bits per heavy atom. The van der Waals surface area contributed by atoms with Crippen molar-refractivity contribution in [1.29, 1.82) is 0 Å². The number of carbonyl (C=O) groups is 1. The third kappa shape index (κ3) is 2.89. The smallest absolute Gasteiger partial charge is 0.307 e. The quantitative estimate of drug-likeness (QED) is 0.638. The average molecular weight is 281 g/mol. The van der Waals surface area contributed by atoms with Crippen LogP contribution >= 0.6 is 11.6 Å². The molecule has 0 aliphatic rings. The zero-order chi connectivity index (χ0) is 14.0. The Labute approximate surface area is 117 Å². The molecule has 1 heterocycles. The topological polar surface area (TPSA) is 44.1 Å². The second-order valence-corrected chi connectivity index (χ2v) is 5.21. The summed E-state index contributed by atoms with van der Waals surface area (Å²) >= 11 is 6.17. The molecule has 1 aromatic carbocycles. The van der Waals surface area contributed by atoms with Gasteiger partial charge in [-0.25, -0.2) is 4.98 Å². The summed E-state index contributed by atoms with van der Waals surface area (Å²) in [5.41, 5.74) is 3.06. The highest BCUT2D eigenvalue weighted by Crippen LogP contribution is 2.25. The number of aromatic nitrogens is 2. The standard InChI is InChI=1S/C14H17ClN2O2/c1-9-4-5-11-12(8-9)17(7-6-13(18)19-3)14(16-11)10(2)15/h4-5,8,10H,6-7H2,1-3H3. The first-order valence-corrected chi connectivity index (χ1v) is 6.64. The molecule has 0 N–H and O–H groups in total. The molecule has 0 saturated heterocycles. The van der Waals surface area contributed by atoms with Crippen LogP contribution in [-0.4, -0.2) is 22.6 Å². The van der Waals surface area contributed by atoms with E-state index in [1.54, 1.807) is 0 Å². The lowest BCUT2D eigenvalue weighted by Gasteiger charge is -2.09. The lowest BCUT2D eigenvalue weighted by Crippen LogP contribution is -2.10. The van der Waals surface area contributed by atoms with Crippen molar-refractivity contribution < 1.29 is 9.53 Å². The van der Waals surface area contributed by atoms with Crippen molar-refractivity contribution in [3.8, 4) is 0 Å². The number of hydrogen-bond acceptors (Lipinski definition) is 3. The minimum Gasteiger partial charge on any atom is -0.469 e. The van der Waals surface area contributed by atoms with Gasteiger partial charge in [-0.3, -0.25) is 4.79 Å². The first kappa shape index (κ1) is 13.9. The van der Waals surface area contributed by atoms with Crippen LogP contribution in [0.5, 0.6) is 0 Å². The Kier molecular flexibility index (Phi) is 4.10. The largest absolute Gasteiger partial charge is 0.469 e. The molecular weight excluding hydrogens is 264 g/mol. The van der Waals surface area contributed by atoms with E-state index in [-0.39, 0.29) is 11.3 Å². The molecule has 0 radical (unpaired) electrons. The first-order valence-electron chi connectivity index (χ1n) is 6.20. The summed E-state index contributed by atoms with van der Waals surface area (Å²) in [6.07, 6.45) is 0.312.